The monoisotopic (exact) mass is 220 g/mol. The predicted octanol–water partition coefficient (Wildman–Crippen LogP) is 0.329. The van der Waals surface area contributed by atoms with Crippen LogP contribution in [0.5, 0.6) is 0 Å². The zero-order valence-electron chi connectivity index (χ0n) is 9.07. The maximum Gasteiger partial charge on any atom is 0.221 e. The second-order valence-corrected chi connectivity index (χ2v) is 3.96. The Bertz CT molecular complexity index is 362. The highest BCUT2D eigenvalue weighted by molar-refractivity contribution is 5.77. The first-order chi connectivity index (χ1) is 7.79. The highest BCUT2D eigenvalue weighted by Gasteiger charge is 2.17. The minimum Gasteiger partial charge on any atom is -0.392 e. The Labute approximate surface area is 94.7 Å². The lowest BCUT2D eigenvalue weighted by Crippen LogP contribution is -2.24. The highest BCUT2D eigenvalue weighted by atomic mass is 16.3. The van der Waals surface area contributed by atoms with Gasteiger partial charge in [0.25, 0.3) is 0 Å². The van der Waals surface area contributed by atoms with Crippen molar-refractivity contribution in [1.82, 2.24) is 10.6 Å². The van der Waals surface area contributed by atoms with Gasteiger partial charge in [0, 0.05) is 25.6 Å². The van der Waals surface area contributed by atoms with Gasteiger partial charge in [0.05, 0.1) is 6.61 Å². The smallest absolute Gasteiger partial charge is 0.221 e. The molecule has 0 radical (unpaired) electrons. The van der Waals surface area contributed by atoms with E-state index in [1.54, 1.807) is 0 Å². The van der Waals surface area contributed by atoms with E-state index in [0.717, 1.165) is 17.7 Å². The summed E-state index contributed by atoms with van der Waals surface area (Å²) < 4.78 is 0. The molecule has 1 atom stereocenters. The maximum absolute atomic E-state index is 11.4. The minimum absolute atomic E-state index is 0.0544. The van der Waals surface area contributed by atoms with E-state index in [0.29, 0.717) is 13.0 Å². The van der Waals surface area contributed by atoms with Crippen LogP contribution in [-0.4, -0.2) is 24.1 Å². The number of carbonyl (C=O) groups excluding carboxylic acids is 1. The average molecular weight is 220 g/mol. The highest BCUT2D eigenvalue weighted by Crippen LogP contribution is 2.18. The molecule has 4 heteroatoms. The molecular formula is C12H16N2O2. The van der Waals surface area contributed by atoms with Crippen LogP contribution in [-0.2, 0) is 11.4 Å². The topological polar surface area (TPSA) is 61.4 Å². The van der Waals surface area contributed by atoms with E-state index in [4.69, 9.17) is 5.11 Å². The molecule has 1 fully saturated rings. The van der Waals surface area contributed by atoms with Crippen molar-refractivity contribution < 1.29 is 9.90 Å². The van der Waals surface area contributed by atoms with Crippen molar-refractivity contribution in [3.8, 4) is 0 Å². The largest absolute Gasteiger partial charge is 0.392 e. The molecule has 1 aromatic rings. The number of carbonyl (C=O) groups is 1. The van der Waals surface area contributed by atoms with Gasteiger partial charge in [0.1, 0.15) is 0 Å². The summed E-state index contributed by atoms with van der Waals surface area (Å²) in [7, 11) is 0. The Morgan fingerprint density at radius 3 is 2.69 bits per heavy atom. The zero-order chi connectivity index (χ0) is 11.4. The quantitative estimate of drug-likeness (QED) is 0.673. The van der Waals surface area contributed by atoms with Crippen molar-refractivity contribution in [3.05, 3.63) is 35.4 Å². The number of rotatable bonds is 2. The SMILES string of the molecule is O=C1CC(c2ccc(CO)cc2)NCCN1. The van der Waals surface area contributed by atoms with Crippen LogP contribution < -0.4 is 10.6 Å². The summed E-state index contributed by atoms with van der Waals surface area (Å²) >= 11 is 0. The lowest BCUT2D eigenvalue weighted by atomic mass is 10.0. The predicted molar refractivity (Wildman–Crippen MR) is 60.7 cm³/mol. The number of aliphatic hydroxyl groups excluding tert-OH is 1. The van der Waals surface area contributed by atoms with Gasteiger partial charge in [-0.15, -0.1) is 0 Å². The minimum atomic E-state index is 0.0544. The number of hydrogen-bond donors (Lipinski definition) is 3. The summed E-state index contributed by atoms with van der Waals surface area (Å²) in [5, 5.41) is 15.1. The summed E-state index contributed by atoms with van der Waals surface area (Å²) in [5.41, 5.74) is 1.98. The first kappa shape index (κ1) is 11.1. The molecule has 3 N–H and O–H groups in total. The summed E-state index contributed by atoms with van der Waals surface area (Å²) in [6.07, 6.45) is 0.471. The molecule has 0 spiro atoms. The first-order valence-electron chi connectivity index (χ1n) is 5.49. The van der Waals surface area contributed by atoms with Crippen LogP contribution >= 0.6 is 0 Å². The second kappa shape index (κ2) is 5.09. The third kappa shape index (κ3) is 2.59. The summed E-state index contributed by atoms with van der Waals surface area (Å²) in [4.78, 5) is 11.4. The van der Waals surface area contributed by atoms with E-state index in [1.165, 1.54) is 0 Å². The van der Waals surface area contributed by atoms with Gasteiger partial charge in [-0.05, 0) is 11.1 Å². The second-order valence-electron chi connectivity index (χ2n) is 3.96. The van der Waals surface area contributed by atoms with Gasteiger partial charge in [0.2, 0.25) is 5.91 Å². The molecule has 0 bridgehead atoms. The van der Waals surface area contributed by atoms with Gasteiger partial charge < -0.3 is 15.7 Å². The fraction of sp³-hybridized carbons (Fsp3) is 0.417. The summed E-state index contributed by atoms with van der Waals surface area (Å²) in [6, 6.07) is 7.78. The Kier molecular flexibility index (Phi) is 3.54. The molecule has 1 heterocycles. The van der Waals surface area contributed by atoms with Gasteiger partial charge >= 0.3 is 0 Å². The molecule has 86 valence electrons. The van der Waals surface area contributed by atoms with E-state index >= 15 is 0 Å². The Hall–Kier alpha value is -1.39. The van der Waals surface area contributed by atoms with Gasteiger partial charge in [0.15, 0.2) is 0 Å². The van der Waals surface area contributed by atoms with Crippen LogP contribution in [0.1, 0.15) is 23.6 Å². The summed E-state index contributed by atoms with van der Waals surface area (Å²) in [5.74, 6) is 0.0845. The molecule has 0 aliphatic carbocycles. The molecule has 2 rings (SSSR count). The van der Waals surface area contributed by atoms with Crippen molar-refractivity contribution in [1.29, 1.82) is 0 Å². The van der Waals surface area contributed by atoms with E-state index < -0.39 is 0 Å². The zero-order valence-corrected chi connectivity index (χ0v) is 9.07. The lowest BCUT2D eigenvalue weighted by molar-refractivity contribution is -0.121. The number of benzene rings is 1. The molecule has 1 aromatic carbocycles. The number of aliphatic hydroxyl groups is 1. The van der Waals surface area contributed by atoms with E-state index in [1.807, 2.05) is 24.3 Å². The molecule has 1 amide bonds. The van der Waals surface area contributed by atoms with Gasteiger partial charge in [-0.25, -0.2) is 0 Å². The maximum atomic E-state index is 11.4. The van der Waals surface area contributed by atoms with Crippen LogP contribution in [0.15, 0.2) is 24.3 Å². The molecule has 1 saturated heterocycles. The third-order valence-corrected chi connectivity index (χ3v) is 2.79. The Balaban J connectivity index is 2.12. The van der Waals surface area contributed by atoms with Crippen molar-refractivity contribution in [3.63, 3.8) is 0 Å². The van der Waals surface area contributed by atoms with Crippen LogP contribution in [0.2, 0.25) is 0 Å². The van der Waals surface area contributed by atoms with E-state index in [9.17, 15) is 4.79 Å². The molecule has 1 aliphatic heterocycles. The molecule has 1 aliphatic rings. The lowest BCUT2D eigenvalue weighted by Gasteiger charge is -2.15. The normalized spacial score (nSPS) is 21.3. The molecule has 4 nitrogen and oxygen atoms in total. The van der Waals surface area contributed by atoms with Crippen molar-refractivity contribution in [2.24, 2.45) is 0 Å². The number of hydrogen-bond acceptors (Lipinski definition) is 3. The van der Waals surface area contributed by atoms with Gasteiger partial charge in [-0.1, -0.05) is 24.3 Å². The van der Waals surface area contributed by atoms with Gasteiger partial charge in [-0.3, -0.25) is 4.79 Å². The molecule has 0 saturated carbocycles. The fourth-order valence-corrected chi connectivity index (χ4v) is 1.87. The van der Waals surface area contributed by atoms with Gasteiger partial charge in [-0.2, -0.15) is 0 Å². The molecule has 0 aromatic heterocycles. The Morgan fingerprint density at radius 1 is 1.25 bits per heavy atom. The van der Waals surface area contributed by atoms with Crippen molar-refractivity contribution in [2.75, 3.05) is 13.1 Å². The number of nitrogens with one attached hydrogen (secondary N) is 2. The number of amides is 1. The fourth-order valence-electron chi connectivity index (χ4n) is 1.87. The molecule has 1 unspecified atom stereocenters. The first-order valence-corrected chi connectivity index (χ1v) is 5.49. The van der Waals surface area contributed by atoms with Crippen LogP contribution in [0.25, 0.3) is 0 Å². The van der Waals surface area contributed by atoms with Crippen molar-refractivity contribution in [2.45, 2.75) is 19.1 Å². The summed E-state index contributed by atoms with van der Waals surface area (Å²) in [6.45, 7) is 1.53. The van der Waals surface area contributed by atoms with Crippen molar-refractivity contribution >= 4 is 5.91 Å². The van der Waals surface area contributed by atoms with Crippen LogP contribution in [0, 0.1) is 0 Å². The molecule has 16 heavy (non-hydrogen) atoms. The van der Waals surface area contributed by atoms with E-state index in [-0.39, 0.29) is 18.6 Å². The van der Waals surface area contributed by atoms with E-state index in [2.05, 4.69) is 10.6 Å². The standard InChI is InChI=1S/C12H16N2O2/c15-8-9-1-3-10(4-2-9)11-7-12(16)14-6-5-13-11/h1-4,11,13,15H,5-8H2,(H,14,16). The van der Waals surface area contributed by atoms with Crippen LogP contribution in [0.4, 0.5) is 0 Å². The van der Waals surface area contributed by atoms with Crippen LogP contribution in [0.3, 0.4) is 0 Å². The Morgan fingerprint density at radius 2 is 2.00 bits per heavy atom. The third-order valence-electron chi connectivity index (χ3n) is 2.79. The molecular weight excluding hydrogens is 204 g/mol. The average Bonchev–Trinajstić information content (AvgIpc) is 2.54.